The number of halogens is 1. The highest BCUT2D eigenvalue weighted by atomic mass is 35.5. The standard InChI is InChI=1S/C20H19ClN2O5/c1-3-4-15-9-13(10-17(27-2)19(15)28-12-18(24)25)11-22-23-20(26)14-5-7-16(21)8-6-14/h3,5-11H,1,4,12H2,2H3,(H,23,26)(H,24,25)/b22-11-. The van der Waals surface area contributed by atoms with Gasteiger partial charge in [0, 0.05) is 16.1 Å². The van der Waals surface area contributed by atoms with Crippen LogP contribution in [0.3, 0.4) is 0 Å². The van der Waals surface area contributed by atoms with Gasteiger partial charge >= 0.3 is 5.97 Å². The zero-order valence-electron chi connectivity index (χ0n) is 15.1. The minimum Gasteiger partial charge on any atom is -0.493 e. The summed E-state index contributed by atoms with van der Waals surface area (Å²) in [6.45, 7) is 3.19. The number of benzene rings is 2. The normalized spacial score (nSPS) is 10.5. The summed E-state index contributed by atoms with van der Waals surface area (Å²) in [7, 11) is 1.45. The number of methoxy groups -OCH3 is 1. The number of aliphatic carboxylic acids is 1. The van der Waals surface area contributed by atoms with E-state index in [0.29, 0.717) is 39.6 Å². The van der Waals surface area contributed by atoms with Gasteiger partial charge < -0.3 is 14.6 Å². The summed E-state index contributed by atoms with van der Waals surface area (Å²) >= 11 is 5.80. The van der Waals surface area contributed by atoms with Gasteiger partial charge in [-0.1, -0.05) is 17.7 Å². The molecule has 0 saturated carbocycles. The Labute approximate surface area is 167 Å². The number of carbonyl (C=O) groups is 2. The summed E-state index contributed by atoms with van der Waals surface area (Å²) in [6.07, 6.45) is 3.54. The number of hydrazone groups is 1. The first-order chi connectivity index (χ1) is 13.4. The fourth-order valence-electron chi connectivity index (χ4n) is 2.35. The molecule has 0 fully saturated rings. The van der Waals surface area contributed by atoms with Crippen molar-refractivity contribution in [1.82, 2.24) is 5.43 Å². The van der Waals surface area contributed by atoms with Gasteiger partial charge in [-0.2, -0.15) is 5.10 Å². The molecule has 2 aromatic carbocycles. The van der Waals surface area contributed by atoms with Crippen molar-refractivity contribution in [3.8, 4) is 11.5 Å². The number of carboxylic acids is 1. The number of carbonyl (C=O) groups excluding carboxylic acids is 1. The van der Waals surface area contributed by atoms with Gasteiger partial charge in [0.15, 0.2) is 18.1 Å². The van der Waals surface area contributed by atoms with Crippen molar-refractivity contribution in [2.75, 3.05) is 13.7 Å². The Hall–Kier alpha value is -3.32. The van der Waals surface area contributed by atoms with Crippen molar-refractivity contribution in [2.45, 2.75) is 6.42 Å². The molecule has 0 atom stereocenters. The summed E-state index contributed by atoms with van der Waals surface area (Å²) in [6, 6.07) is 9.78. The van der Waals surface area contributed by atoms with Crippen LogP contribution in [-0.4, -0.2) is 36.9 Å². The summed E-state index contributed by atoms with van der Waals surface area (Å²) in [5, 5.41) is 13.3. The molecular weight excluding hydrogens is 384 g/mol. The summed E-state index contributed by atoms with van der Waals surface area (Å²) in [4.78, 5) is 22.9. The van der Waals surface area contributed by atoms with Crippen molar-refractivity contribution in [2.24, 2.45) is 5.10 Å². The van der Waals surface area contributed by atoms with Crippen molar-refractivity contribution in [3.05, 3.63) is 70.8 Å². The minimum atomic E-state index is -1.10. The van der Waals surface area contributed by atoms with E-state index in [1.54, 1.807) is 42.5 Å². The average molecular weight is 403 g/mol. The van der Waals surface area contributed by atoms with Gasteiger partial charge in [-0.15, -0.1) is 6.58 Å². The van der Waals surface area contributed by atoms with Crippen LogP contribution < -0.4 is 14.9 Å². The van der Waals surface area contributed by atoms with E-state index in [1.807, 2.05) is 0 Å². The largest absolute Gasteiger partial charge is 0.493 e. The van der Waals surface area contributed by atoms with Crippen LogP contribution in [0.4, 0.5) is 0 Å². The van der Waals surface area contributed by atoms with Gasteiger partial charge in [0.05, 0.1) is 13.3 Å². The van der Waals surface area contributed by atoms with Crippen molar-refractivity contribution in [3.63, 3.8) is 0 Å². The third kappa shape index (κ3) is 5.85. The Morgan fingerprint density at radius 3 is 2.61 bits per heavy atom. The second-order valence-corrected chi connectivity index (χ2v) is 6.03. The molecule has 0 aliphatic rings. The molecule has 2 aromatic rings. The van der Waals surface area contributed by atoms with Crippen LogP contribution in [0.2, 0.25) is 5.02 Å². The Morgan fingerprint density at radius 2 is 2.00 bits per heavy atom. The lowest BCUT2D eigenvalue weighted by atomic mass is 10.1. The van der Waals surface area contributed by atoms with Crippen LogP contribution in [0.1, 0.15) is 21.5 Å². The second-order valence-electron chi connectivity index (χ2n) is 5.59. The maximum absolute atomic E-state index is 12.1. The fraction of sp³-hybridized carbons (Fsp3) is 0.150. The minimum absolute atomic E-state index is 0.326. The number of rotatable bonds is 9. The number of nitrogens with zero attached hydrogens (tertiary/aromatic N) is 1. The molecule has 0 heterocycles. The van der Waals surface area contributed by atoms with Gasteiger partial charge in [-0.3, -0.25) is 4.79 Å². The lowest BCUT2D eigenvalue weighted by Crippen LogP contribution is -2.17. The summed E-state index contributed by atoms with van der Waals surface area (Å²) in [5.41, 5.74) is 4.16. The van der Waals surface area contributed by atoms with E-state index in [9.17, 15) is 9.59 Å². The quantitative estimate of drug-likeness (QED) is 0.381. The molecule has 0 aromatic heterocycles. The number of nitrogens with one attached hydrogen (secondary N) is 1. The number of ether oxygens (including phenoxy) is 2. The van der Waals surface area contributed by atoms with Gasteiger partial charge in [0.25, 0.3) is 5.91 Å². The Balaban J connectivity index is 2.19. The molecule has 2 rings (SSSR count). The molecule has 0 bridgehead atoms. The zero-order chi connectivity index (χ0) is 20.5. The first-order valence-corrected chi connectivity index (χ1v) is 8.57. The molecular formula is C20H19ClN2O5. The lowest BCUT2D eigenvalue weighted by Gasteiger charge is -2.14. The fourth-order valence-corrected chi connectivity index (χ4v) is 2.47. The number of amides is 1. The van der Waals surface area contributed by atoms with Crippen LogP contribution >= 0.6 is 11.6 Å². The maximum Gasteiger partial charge on any atom is 0.341 e. The second kappa shape index (κ2) is 10.1. The molecule has 28 heavy (non-hydrogen) atoms. The lowest BCUT2D eigenvalue weighted by molar-refractivity contribution is -0.139. The Kier molecular flexibility index (Phi) is 7.59. The first kappa shape index (κ1) is 21.0. The van der Waals surface area contributed by atoms with Crippen LogP contribution in [0, 0.1) is 0 Å². The first-order valence-electron chi connectivity index (χ1n) is 8.20. The molecule has 8 heteroatoms. The van der Waals surface area contributed by atoms with Crippen LogP contribution in [0.15, 0.2) is 54.2 Å². The predicted octanol–water partition coefficient (Wildman–Crippen LogP) is 3.30. The molecule has 0 spiro atoms. The zero-order valence-corrected chi connectivity index (χ0v) is 15.9. The maximum atomic E-state index is 12.1. The molecule has 146 valence electrons. The SMILES string of the molecule is C=CCc1cc(/C=N\NC(=O)c2ccc(Cl)cc2)cc(OC)c1OCC(=O)O. The van der Waals surface area contributed by atoms with Crippen molar-refractivity contribution >= 4 is 29.7 Å². The third-order valence-electron chi connectivity index (χ3n) is 3.56. The van der Waals surface area contributed by atoms with Crippen molar-refractivity contribution in [1.29, 1.82) is 0 Å². The van der Waals surface area contributed by atoms with E-state index < -0.39 is 12.6 Å². The number of hydrogen-bond acceptors (Lipinski definition) is 5. The average Bonchev–Trinajstić information content (AvgIpc) is 2.67. The van der Waals surface area contributed by atoms with E-state index >= 15 is 0 Å². The molecule has 2 N–H and O–H groups in total. The van der Waals surface area contributed by atoms with Crippen LogP contribution in [0.5, 0.6) is 11.5 Å². The molecule has 7 nitrogen and oxygen atoms in total. The third-order valence-corrected chi connectivity index (χ3v) is 3.82. The molecule has 1 amide bonds. The Bertz CT molecular complexity index is 894. The molecule has 0 aliphatic heterocycles. The summed E-state index contributed by atoms with van der Waals surface area (Å²) < 4.78 is 10.6. The molecule has 0 unspecified atom stereocenters. The van der Waals surface area contributed by atoms with Crippen LogP contribution in [0.25, 0.3) is 0 Å². The summed E-state index contributed by atoms with van der Waals surface area (Å²) in [5.74, 6) is -0.798. The van der Waals surface area contributed by atoms with Gasteiger partial charge in [-0.25, -0.2) is 10.2 Å². The van der Waals surface area contributed by atoms with Crippen molar-refractivity contribution < 1.29 is 24.2 Å². The smallest absolute Gasteiger partial charge is 0.341 e. The molecule has 0 radical (unpaired) electrons. The predicted molar refractivity (Wildman–Crippen MR) is 107 cm³/mol. The van der Waals surface area contributed by atoms with E-state index in [4.69, 9.17) is 26.2 Å². The van der Waals surface area contributed by atoms with E-state index in [2.05, 4.69) is 17.1 Å². The Morgan fingerprint density at radius 1 is 1.29 bits per heavy atom. The highest BCUT2D eigenvalue weighted by molar-refractivity contribution is 6.30. The highest BCUT2D eigenvalue weighted by Gasteiger charge is 2.14. The van der Waals surface area contributed by atoms with Gasteiger partial charge in [0.2, 0.25) is 0 Å². The monoisotopic (exact) mass is 402 g/mol. The number of hydrogen-bond donors (Lipinski definition) is 2. The number of carboxylic acid groups (broad SMARTS) is 1. The topological polar surface area (TPSA) is 97.2 Å². The van der Waals surface area contributed by atoms with E-state index in [1.165, 1.54) is 13.3 Å². The van der Waals surface area contributed by atoms with Crippen LogP contribution in [-0.2, 0) is 11.2 Å². The highest BCUT2D eigenvalue weighted by Crippen LogP contribution is 2.33. The van der Waals surface area contributed by atoms with Gasteiger partial charge in [0.1, 0.15) is 0 Å². The van der Waals surface area contributed by atoms with E-state index in [0.717, 1.165) is 0 Å². The van der Waals surface area contributed by atoms with E-state index in [-0.39, 0.29) is 5.91 Å². The van der Waals surface area contributed by atoms with Gasteiger partial charge in [-0.05, 0) is 48.4 Å². The molecule has 0 aliphatic carbocycles. The number of allylic oxidation sites excluding steroid dienone is 1. The molecule has 0 saturated heterocycles.